The molecule has 0 atom stereocenters. The van der Waals surface area contributed by atoms with E-state index in [0.717, 1.165) is 16.8 Å². The number of hydrogen-bond acceptors (Lipinski definition) is 6. The van der Waals surface area contributed by atoms with Gasteiger partial charge in [-0.15, -0.1) is 0 Å². The lowest BCUT2D eigenvalue weighted by molar-refractivity contribution is 0.0230. The Kier molecular flexibility index (Phi) is 5.60. The van der Waals surface area contributed by atoms with E-state index in [9.17, 15) is 4.79 Å². The number of rotatable bonds is 5. The van der Waals surface area contributed by atoms with E-state index < -0.39 is 0 Å². The van der Waals surface area contributed by atoms with Gasteiger partial charge in [-0.2, -0.15) is 0 Å². The molecule has 0 saturated carbocycles. The van der Waals surface area contributed by atoms with Crippen molar-refractivity contribution < 1.29 is 4.79 Å². The van der Waals surface area contributed by atoms with Crippen molar-refractivity contribution in [1.29, 1.82) is 0 Å². The third-order valence-electron chi connectivity index (χ3n) is 5.05. The zero-order valence-electron chi connectivity index (χ0n) is 17.8. The van der Waals surface area contributed by atoms with Crippen LogP contribution in [0.15, 0.2) is 66.7 Å². The Labute approximate surface area is 181 Å². The van der Waals surface area contributed by atoms with Crippen molar-refractivity contribution >= 4 is 22.9 Å². The van der Waals surface area contributed by atoms with Crippen molar-refractivity contribution in [1.82, 2.24) is 25.0 Å². The molecule has 2 heterocycles. The predicted molar refractivity (Wildman–Crippen MR) is 123 cm³/mol. The van der Waals surface area contributed by atoms with Crippen LogP contribution in [0.25, 0.3) is 33.5 Å². The number of nitrogen functional groups attached to an aromatic ring is 1. The third kappa shape index (κ3) is 4.08. The molecule has 2 N–H and O–H groups in total. The van der Waals surface area contributed by atoms with Crippen LogP contribution in [0.1, 0.15) is 17.3 Å². The predicted octanol–water partition coefficient (Wildman–Crippen LogP) is 3.88. The number of benzene rings is 2. The van der Waals surface area contributed by atoms with Crippen molar-refractivity contribution in [3.63, 3.8) is 0 Å². The van der Waals surface area contributed by atoms with Crippen LogP contribution in [-0.4, -0.2) is 51.5 Å². The molecule has 0 radical (unpaired) electrons. The van der Waals surface area contributed by atoms with Crippen LogP contribution in [0.3, 0.4) is 0 Å². The minimum Gasteiger partial charge on any atom is -0.368 e. The van der Waals surface area contributed by atoms with E-state index in [-0.39, 0.29) is 11.9 Å². The summed E-state index contributed by atoms with van der Waals surface area (Å²) in [5.74, 6) is 0.172. The molecule has 1 amide bonds. The van der Waals surface area contributed by atoms with Crippen molar-refractivity contribution in [2.75, 3.05) is 26.4 Å². The molecule has 2 aromatic carbocycles. The number of nitrogens with zero attached hydrogens (tertiary/aromatic N) is 5. The van der Waals surface area contributed by atoms with Crippen molar-refractivity contribution in [3.8, 4) is 22.5 Å². The second-order valence-corrected chi connectivity index (χ2v) is 7.31. The van der Waals surface area contributed by atoms with Crippen LogP contribution in [0.5, 0.6) is 0 Å². The summed E-state index contributed by atoms with van der Waals surface area (Å²) < 4.78 is 0. The minimum atomic E-state index is -0.0410. The zero-order valence-corrected chi connectivity index (χ0v) is 17.8. The van der Waals surface area contributed by atoms with Crippen molar-refractivity contribution in [2.45, 2.75) is 6.92 Å². The lowest BCUT2D eigenvalue weighted by atomic mass is 10.1. The van der Waals surface area contributed by atoms with Crippen LogP contribution in [0.4, 0.5) is 5.95 Å². The molecule has 0 fully saturated rings. The molecule has 0 aliphatic heterocycles. The Morgan fingerprint density at radius 1 is 0.871 bits per heavy atom. The first-order valence-electron chi connectivity index (χ1n) is 10.1. The molecule has 0 unspecified atom stereocenters. The highest BCUT2D eigenvalue weighted by Gasteiger charge is 2.16. The number of carbonyl (C=O) groups is 1. The minimum absolute atomic E-state index is 0.0410. The first-order valence-corrected chi connectivity index (χ1v) is 10.1. The van der Waals surface area contributed by atoms with Gasteiger partial charge in [0.2, 0.25) is 5.95 Å². The van der Waals surface area contributed by atoms with Gasteiger partial charge in [-0.1, -0.05) is 42.5 Å². The number of aromatic nitrogens is 3. The molecule has 2 aromatic heterocycles. The van der Waals surface area contributed by atoms with E-state index in [1.807, 2.05) is 87.7 Å². The van der Waals surface area contributed by atoms with E-state index in [2.05, 4.69) is 9.97 Å². The average Bonchev–Trinajstić information content (AvgIpc) is 2.79. The molecule has 0 aliphatic rings. The third-order valence-corrected chi connectivity index (χ3v) is 5.05. The molecule has 0 bridgehead atoms. The molecule has 7 nitrogen and oxygen atoms in total. The molecule has 0 saturated heterocycles. The van der Waals surface area contributed by atoms with Crippen LogP contribution >= 0.6 is 0 Å². The van der Waals surface area contributed by atoms with Crippen LogP contribution < -0.4 is 5.73 Å². The summed E-state index contributed by atoms with van der Waals surface area (Å²) in [6, 6.07) is 21.1. The fraction of sp³-hybridized carbons (Fsp3) is 0.167. The van der Waals surface area contributed by atoms with Gasteiger partial charge in [-0.3, -0.25) is 9.80 Å². The number of fused-ring (bicyclic) bond motifs is 1. The van der Waals surface area contributed by atoms with E-state index in [4.69, 9.17) is 10.7 Å². The van der Waals surface area contributed by atoms with Crippen LogP contribution in [0, 0.1) is 0 Å². The fourth-order valence-corrected chi connectivity index (χ4v) is 3.53. The quantitative estimate of drug-likeness (QED) is 0.501. The maximum atomic E-state index is 12.7. The average molecular weight is 412 g/mol. The number of carbonyl (C=O) groups excluding carboxylic acids is 1. The first-order chi connectivity index (χ1) is 15.0. The van der Waals surface area contributed by atoms with E-state index in [1.54, 1.807) is 10.0 Å². The highest BCUT2D eigenvalue weighted by molar-refractivity contribution is 5.95. The van der Waals surface area contributed by atoms with Crippen molar-refractivity contribution in [2.24, 2.45) is 0 Å². The van der Waals surface area contributed by atoms with Gasteiger partial charge >= 0.3 is 0 Å². The van der Waals surface area contributed by atoms with Crippen LogP contribution in [-0.2, 0) is 0 Å². The van der Waals surface area contributed by atoms with Gasteiger partial charge < -0.3 is 5.73 Å². The van der Waals surface area contributed by atoms with Gasteiger partial charge in [-0.05, 0) is 31.2 Å². The molecule has 4 rings (SSSR count). The first kappa shape index (κ1) is 20.4. The summed E-state index contributed by atoms with van der Waals surface area (Å²) in [7, 11) is 3.71. The molecule has 4 aromatic rings. The van der Waals surface area contributed by atoms with Gasteiger partial charge in [-0.25, -0.2) is 20.0 Å². The Morgan fingerprint density at radius 3 is 2.23 bits per heavy atom. The lowest BCUT2D eigenvalue weighted by Crippen LogP contribution is -2.41. The molecule has 7 heteroatoms. The van der Waals surface area contributed by atoms with Gasteiger partial charge in [0.1, 0.15) is 11.2 Å². The smallest absolute Gasteiger partial charge is 0.268 e. The summed E-state index contributed by atoms with van der Waals surface area (Å²) in [5.41, 5.74) is 11.2. The Morgan fingerprint density at radius 2 is 1.58 bits per heavy atom. The maximum Gasteiger partial charge on any atom is 0.268 e. The Bertz CT molecular complexity index is 1220. The van der Waals surface area contributed by atoms with E-state index in [0.29, 0.717) is 28.8 Å². The zero-order chi connectivity index (χ0) is 22.0. The summed E-state index contributed by atoms with van der Waals surface area (Å²) in [4.78, 5) is 26.3. The monoisotopic (exact) mass is 412 g/mol. The van der Waals surface area contributed by atoms with E-state index in [1.165, 1.54) is 0 Å². The van der Waals surface area contributed by atoms with Crippen LogP contribution in [0.2, 0.25) is 0 Å². The number of amides is 1. The highest BCUT2D eigenvalue weighted by atomic mass is 16.2. The fourth-order valence-electron chi connectivity index (χ4n) is 3.53. The molecule has 0 spiro atoms. The second-order valence-electron chi connectivity index (χ2n) is 7.31. The standard InChI is InChI=1S/C24H24N6O/c1-4-30(29(2)3)23(31)18-12-10-16(11-13-18)19-14-15-20-22(26-19)21(28-24(25)27-20)17-8-6-5-7-9-17/h5-15H,4H2,1-3H3,(H2,25,27,28). The summed E-state index contributed by atoms with van der Waals surface area (Å²) in [5, 5.41) is 3.47. The molecular weight excluding hydrogens is 388 g/mol. The molecule has 156 valence electrons. The molecule has 31 heavy (non-hydrogen) atoms. The Balaban J connectivity index is 1.74. The highest BCUT2D eigenvalue weighted by Crippen LogP contribution is 2.28. The lowest BCUT2D eigenvalue weighted by Gasteiger charge is -2.27. The number of anilines is 1. The maximum absolute atomic E-state index is 12.7. The van der Waals surface area contributed by atoms with Gasteiger partial charge in [0, 0.05) is 37.3 Å². The second kappa shape index (κ2) is 8.49. The Hall–Kier alpha value is -3.84. The molecular formula is C24H24N6O. The SMILES string of the molecule is CCN(C(=O)c1ccc(-c2ccc3nc(N)nc(-c4ccccc4)c3n2)cc1)N(C)C. The summed E-state index contributed by atoms with van der Waals surface area (Å²) in [6.45, 7) is 2.55. The topological polar surface area (TPSA) is 88.2 Å². The number of nitrogens with two attached hydrogens (primary N) is 1. The van der Waals surface area contributed by atoms with Crippen molar-refractivity contribution in [3.05, 3.63) is 72.3 Å². The largest absolute Gasteiger partial charge is 0.368 e. The van der Waals surface area contributed by atoms with Gasteiger partial charge in [0.25, 0.3) is 5.91 Å². The number of hydrazine groups is 1. The number of pyridine rings is 1. The number of hydrogen-bond donors (Lipinski definition) is 1. The normalized spacial score (nSPS) is 11.1. The summed E-state index contributed by atoms with van der Waals surface area (Å²) in [6.07, 6.45) is 0. The van der Waals surface area contributed by atoms with Gasteiger partial charge in [0.05, 0.1) is 11.2 Å². The molecule has 0 aliphatic carbocycles. The van der Waals surface area contributed by atoms with E-state index >= 15 is 0 Å². The van der Waals surface area contributed by atoms with Gasteiger partial charge in [0.15, 0.2) is 0 Å². The summed E-state index contributed by atoms with van der Waals surface area (Å²) >= 11 is 0.